The predicted molar refractivity (Wildman–Crippen MR) is 109 cm³/mol. The Hall–Kier alpha value is -3.75. The van der Waals surface area contributed by atoms with E-state index in [1.807, 2.05) is 25.1 Å². The zero-order valence-corrected chi connectivity index (χ0v) is 16.8. The van der Waals surface area contributed by atoms with Gasteiger partial charge in [0.25, 0.3) is 0 Å². The third kappa shape index (κ3) is 2.66. The van der Waals surface area contributed by atoms with E-state index in [0.717, 1.165) is 17.4 Å². The standard InChI is InChI=1S/C21H20N4O5/c1-4-12-7-13-8-17-18(30-11-29-17)9-15(13)25-20(12)23-24(21(25)26)10-14-19(28-3)16(27-2)5-6-22-14/h5-9H,4,10-11H2,1-3H3. The van der Waals surface area contributed by atoms with E-state index in [9.17, 15) is 4.79 Å². The first-order valence-electron chi connectivity index (χ1n) is 9.55. The molecule has 30 heavy (non-hydrogen) atoms. The van der Waals surface area contributed by atoms with Crippen LogP contribution in [0.25, 0.3) is 16.6 Å². The number of aryl methyl sites for hydroxylation is 1. The first kappa shape index (κ1) is 18.3. The molecule has 1 aromatic carbocycles. The minimum atomic E-state index is -0.268. The summed E-state index contributed by atoms with van der Waals surface area (Å²) >= 11 is 0. The molecule has 3 aromatic heterocycles. The SMILES string of the molecule is CCc1cc2cc3c(cc2n2c(=O)n(Cc4nccc(OC)c4OC)nc12)OCO3. The third-order valence-electron chi connectivity index (χ3n) is 5.27. The minimum Gasteiger partial charge on any atom is -0.493 e. The molecule has 0 unspecified atom stereocenters. The maximum atomic E-state index is 13.4. The molecule has 0 bridgehead atoms. The van der Waals surface area contributed by atoms with Crippen LogP contribution in [0.3, 0.4) is 0 Å². The molecule has 4 heterocycles. The smallest absolute Gasteiger partial charge is 0.351 e. The van der Waals surface area contributed by atoms with Crippen molar-refractivity contribution in [3.05, 3.63) is 52.2 Å². The highest BCUT2D eigenvalue weighted by Gasteiger charge is 2.21. The summed E-state index contributed by atoms with van der Waals surface area (Å²) in [5.41, 5.74) is 2.57. The van der Waals surface area contributed by atoms with Gasteiger partial charge in [-0.05, 0) is 24.1 Å². The number of fused-ring (bicyclic) bond motifs is 4. The van der Waals surface area contributed by atoms with Crippen LogP contribution in [0.2, 0.25) is 0 Å². The summed E-state index contributed by atoms with van der Waals surface area (Å²) in [6.07, 6.45) is 2.34. The van der Waals surface area contributed by atoms with Crippen molar-refractivity contribution in [1.29, 1.82) is 0 Å². The van der Waals surface area contributed by atoms with Crippen molar-refractivity contribution in [3.63, 3.8) is 0 Å². The van der Waals surface area contributed by atoms with E-state index in [0.29, 0.717) is 39.9 Å². The Kier molecular flexibility index (Phi) is 4.23. The first-order chi connectivity index (χ1) is 14.6. The highest BCUT2D eigenvalue weighted by molar-refractivity contribution is 5.87. The average Bonchev–Trinajstić information content (AvgIpc) is 3.35. The lowest BCUT2D eigenvalue weighted by molar-refractivity contribution is 0.174. The van der Waals surface area contributed by atoms with E-state index in [1.165, 1.54) is 4.68 Å². The van der Waals surface area contributed by atoms with Crippen molar-refractivity contribution < 1.29 is 18.9 Å². The van der Waals surface area contributed by atoms with Gasteiger partial charge in [-0.25, -0.2) is 13.9 Å². The lowest BCUT2D eigenvalue weighted by Crippen LogP contribution is -2.22. The molecule has 1 aliphatic heterocycles. The second kappa shape index (κ2) is 6.94. The summed E-state index contributed by atoms with van der Waals surface area (Å²) in [4.78, 5) is 17.7. The molecule has 154 valence electrons. The Morgan fingerprint density at radius 3 is 2.67 bits per heavy atom. The van der Waals surface area contributed by atoms with Crippen molar-refractivity contribution in [2.75, 3.05) is 21.0 Å². The van der Waals surface area contributed by atoms with Gasteiger partial charge in [-0.2, -0.15) is 0 Å². The summed E-state index contributed by atoms with van der Waals surface area (Å²) in [5, 5.41) is 5.50. The number of ether oxygens (including phenoxy) is 4. The number of nitrogens with zero attached hydrogens (tertiary/aromatic N) is 4. The maximum absolute atomic E-state index is 13.4. The van der Waals surface area contributed by atoms with Crippen LogP contribution in [0, 0.1) is 0 Å². The molecular formula is C21H20N4O5. The van der Waals surface area contributed by atoms with Crippen LogP contribution in [-0.4, -0.2) is 40.2 Å². The molecule has 0 atom stereocenters. The van der Waals surface area contributed by atoms with E-state index in [1.54, 1.807) is 30.9 Å². The highest BCUT2D eigenvalue weighted by Crippen LogP contribution is 2.36. The number of aromatic nitrogens is 4. The maximum Gasteiger partial charge on any atom is 0.351 e. The zero-order chi connectivity index (χ0) is 20.8. The lowest BCUT2D eigenvalue weighted by Gasteiger charge is -2.10. The van der Waals surface area contributed by atoms with Gasteiger partial charge in [-0.1, -0.05) is 6.92 Å². The van der Waals surface area contributed by atoms with Crippen molar-refractivity contribution in [1.82, 2.24) is 19.2 Å². The first-order valence-corrected chi connectivity index (χ1v) is 9.55. The van der Waals surface area contributed by atoms with E-state index >= 15 is 0 Å². The van der Waals surface area contributed by atoms with E-state index in [4.69, 9.17) is 18.9 Å². The summed E-state index contributed by atoms with van der Waals surface area (Å²) in [5.74, 6) is 2.32. The van der Waals surface area contributed by atoms with E-state index in [-0.39, 0.29) is 19.0 Å². The molecule has 1 aliphatic rings. The van der Waals surface area contributed by atoms with Gasteiger partial charge in [0.1, 0.15) is 5.69 Å². The van der Waals surface area contributed by atoms with Crippen molar-refractivity contribution in [3.8, 4) is 23.0 Å². The average molecular weight is 408 g/mol. The van der Waals surface area contributed by atoms with Crippen LogP contribution in [-0.2, 0) is 13.0 Å². The normalized spacial score (nSPS) is 12.6. The van der Waals surface area contributed by atoms with Gasteiger partial charge < -0.3 is 18.9 Å². The molecule has 9 heteroatoms. The summed E-state index contributed by atoms with van der Waals surface area (Å²) in [7, 11) is 3.10. The number of rotatable bonds is 5. The molecule has 9 nitrogen and oxygen atoms in total. The second-order valence-electron chi connectivity index (χ2n) is 6.88. The van der Waals surface area contributed by atoms with Gasteiger partial charge in [0.15, 0.2) is 28.6 Å². The molecule has 5 rings (SSSR count). The Labute approximate surface area is 171 Å². The quantitative estimate of drug-likeness (QED) is 0.501. The third-order valence-corrected chi connectivity index (χ3v) is 5.27. The largest absolute Gasteiger partial charge is 0.493 e. The molecule has 0 aliphatic carbocycles. The van der Waals surface area contributed by atoms with Gasteiger partial charge in [-0.3, -0.25) is 4.98 Å². The van der Waals surface area contributed by atoms with Crippen LogP contribution >= 0.6 is 0 Å². The van der Waals surface area contributed by atoms with Gasteiger partial charge >= 0.3 is 5.69 Å². The lowest BCUT2D eigenvalue weighted by atomic mass is 10.1. The van der Waals surface area contributed by atoms with Crippen LogP contribution in [0.5, 0.6) is 23.0 Å². The van der Waals surface area contributed by atoms with E-state index in [2.05, 4.69) is 10.1 Å². The van der Waals surface area contributed by atoms with Crippen LogP contribution < -0.4 is 24.6 Å². The molecule has 0 spiro atoms. The second-order valence-corrected chi connectivity index (χ2v) is 6.88. The van der Waals surface area contributed by atoms with Gasteiger partial charge in [0.2, 0.25) is 6.79 Å². The van der Waals surface area contributed by atoms with Gasteiger partial charge in [-0.15, -0.1) is 5.10 Å². The summed E-state index contributed by atoms with van der Waals surface area (Å²) < 4.78 is 24.8. The molecule has 4 aromatic rings. The fourth-order valence-electron chi connectivity index (χ4n) is 3.81. The number of methoxy groups -OCH3 is 2. The van der Waals surface area contributed by atoms with Crippen LogP contribution in [0.15, 0.2) is 35.3 Å². The molecule has 0 saturated heterocycles. The number of benzene rings is 1. The molecule has 0 saturated carbocycles. The van der Waals surface area contributed by atoms with Crippen LogP contribution in [0.4, 0.5) is 0 Å². The van der Waals surface area contributed by atoms with Crippen molar-refractivity contribution in [2.24, 2.45) is 0 Å². The van der Waals surface area contributed by atoms with E-state index < -0.39 is 0 Å². The zero-order valence-electron chi connectivity index (χ0n) is 16.8. The van der Waals surface area contributed by atoms with Crippen LogP contribution in [0.1, 0.15) is 18.2 Å². The molecule has 0 N–H and O–H groups in total. The number of pyridine rings is 2. The number of hydrogen-bond acceptors (Lipinski definition) is 7. The fraction of sp³-hybridized carbons (Fsp3) is 0.286. The Morgan fingerprint density at radius 2 is 1.93 bits per heavy atom. The summed E-state index contributed by atoms with van der Waals surface area (Å²) in [6.45, 7) is 2.35. The topological polar surface area (TPSA) is 89.1 Å². The molecule has 0 fully saturated rings. The fourth-order valence-corrected chi connectivity index (χ4v) is 3.81. The Morgan fingerprint density at radius 1 is 1.13 bits per heavy atom. The van der Waals surface area contributed by atoms with Gasteiger partial charge in [0, 0.05) is 23.7 Å². The Bertz CT molecular complexity index is 1340. The molecular weight excluding hydrogens is 388 g/mol. The van der Waals surface area contributed by atoms with Crippen molar-refractivity contribution in [2.45, 2.75) is 19.9 Å². The molecule has 0 radical (unpaired) electrons. The highest BCUT2D eigenvalue weighted by atomic mass is 16.7. The summed E-state index contributed by atoms with van der Waals surface area (Å²) in [6, 6.07) is 7.46. The number of hydrogen-bond donors (Lipinski definition) is 0. The van der Waals surface area contributed by atoms with Crippen molar-refractivity contribution >= 4 is 16.6 Å². The monoisotopic (exact) mass is 408 g/mol. The molecule has 0 amide bonds. The van der Waals surface area contributed by atoms with Gasteiger partial charge in [0.05, 0.1) is 26.3 Å². The predicted octanol–water partition coefficient (Wildman–Crippen LogP) is 2.40. The Balaban J connectivity index is 1.73. The minimum absolute atomic E-state index is 0.149.